The minimum absolute atomic E-state index is 0.481. The van der Waals surface area contributed by atoms with E-state index in [1.54, 1.807) is 0 Å². The van der Waals surface area contributed by atoms with Gasteiger partial charge in [0.1, 0.15) is 0 Å². The molecule has 2 N–H and O–H groups in total. The molecule has 0 saturated heterocycles. The summed E-state index contributed by atoms with van der Waals surface area (Å²) in [4.78, 5) is 2.47. The standard InChI is InChI=1S/C19H35N3/c1-8-19(16(5)21-7)17-9-11-18(12-10-17)22(14(2)3)13-15(4)20-6/h9-12,14-16,19-21H,8,13H2,1-7H3. The smallest absolute Gasteiger partial charge is 0.0369 e. The zero-order chi connectivity index (χ0) is 16.7. The normalized spacial score (nSPS) is 15.6. The van der Waals surface area contributed by atoms with E-state index in [-0.39, 0.29) is 0 Å². The first kappa shape index (κ1) is 19.0. The van der Waals surface area contributed by atoms with Crippen molar-refractivity contribution in [1.29, 1.82) is 0 Å². The van der Waals surface area contributed by atoms with E-state index < -0.39 is 0 Å². The first-order chi connectivity index (χ1) is 10.4. The topological polar surface area (TPSA) is 27.3 Å². The largest absolute Gasteiger partial charge is 0.368 e. The monoisotopic (exact) mass is 305 g/mol. The molecule has 1 aromatic carbocycles. The van der Waals surface area contributed by atoms with Crippen molar-refractivity contribution in [2.45, 2.75) is 65.1 Å². The highest BCUT2D eigenvalue weighted by Crippen LogP contribution is 2.26. The van der Waals surface area contributed by atoms with Crippen LogP contribution >= 0.6 is 0 Å². The molecule has 3 heteroatoms. The second kappa shape index (κ2) is 9.16. The summed E-state index contributed by atoms with van der Waals surface area (Å²) in [5.74, 6) is 0.572. The minimum atomic E-state index is 0.481. The van der Waals surface area contributed by atoms with Gasteiger partial charge in [0, 0.05) is 30.4 Å². The Hall–Kier alpha value is -1.06. The van der Waals surface area contributed by atoms with Crippen LogP contribution in [0.2, 0.25) is 0 Å². The zero-order valence-corrected chi connectivity index (χ0v) is 15.5. The highest BCUT2D eigenvalue weighted by molar-refractivity contribution is 5.49. The molecule has 0 aliphatic carbocycles. The van der Waals surface area contributed by atoms with Crippen LogP contribution in [-0.2, 0) is 0 Å². The van der Waals surface area contributed by atoms with Gasteiger partial charge in [0.2, 0.25) is 0 Å². The van der Waals surface area contributed by atoms with Crippen molar-refractivity contribution in [3.8, 4) is 0 Å². The number of nitrogens with zero attached hydrogens (tertiary/aromatic N) is 1. The Balaban J connectivity index is 2.93. The van der Waals surface area contributed by atoms with E-state index >= 15 is 0 Å². The number of likely N-dealkylation sites (N-methyl/N-ethyl adjacent to an activating group) is 2. The lowest BCUT2D eigenvalue weighted by molar-refractivity contribution is 0.483. The molecule has 0 fully saturated rings. The fourth-order valence-electron chi connectivity index (χ4n) is 2.99. The molecular weight excluding hydrogens is 270 g/mol. The molecule has 0 amide bonds. The van der Waals surface area contributed by atoms with Crippen LogP contribution < -0.4 is 15.5 Å². The highest BCUT2D eigenvalue weighted by atomic mass is 15.2. The molecule has 0 spiro atoms. The zero-order valence-electron chi connectivity index (χ0n) is 15.5. The van der Waals surface area contributed by atoms with Crippen LogP contribution in [0.25, 0.3) is 0 Å². The Morgan fingerprint density at radius 3 is 1.95 bits per heavy atom. The van der Waals surface area contributed by atoms with Crippen LogP contribution in [0.15, 0.2) is 24.3 Å². The first-order valence-corrected chi connectivity index (χ1v) is 8.65. The van der Waals surface area contributed by atoms with Crippen molar-refractivity contribution in [3.05, 3.63) is 29.8 Å². The average molecular weight is 306 g/mol. The van der Waals surface area contributed by atoms with Crippen molar-refractivity contribution >= 4 is 5.69 Å². The van der Waals surface area contributed by atoms with Gasteiger partial charge in [0.05, 0.1) is 0 Å². The Morgan fingerprint density at radius 2 is 1.55 bits per heavy atom. The summed E-state index contributed by atoms with van der Waals surface area (Å²) in [6.07, 6.45) is 1.16. The molecule has 3 atom stereocenters. The second-order valence-corrected chi connectivity index (χ2v) is 6.62. The lowest BCUT2D eigenvalue weighted by atomic mass is 9.90. The molecule has 0 saturated carbocycles. The Bertz CT molecular complexity index is 413. The van der Waals surface area contributed by atoms with E-state index in [4.69, 9.17) is 0 Å². The molecule has 0 aliphatic rings. The van der Waals surface area contributed by atoms with Crippen LogP contribution in [0, 0.1) is 0 Å². The van der Waals surface area contributed by atoms with Crippen LogP contribution in [-0.4, -0.2) is 38.8 Å². The van der Waals surface area contributed by atoms with E-state index in [1.165, 1.54) is 11.3 Å². The van der Waals surface area contributed by atoms with Crippen molar-refractivity contribution < 1.29 is 0 Å². The second-order valence-electron chi connectivity index (χ2n) is 6.62. The summed E-state index contributed by atoms with van der Waals surface area (Å²) in [5.41, 5.74) is 2.74. The number of nitrogens with one attached hydrogen (secondary N) is 2. The molecule has 1 rings (SSSR count). The number of anilines is 1. The Labute approximate surface area is 137 Å². The minimum Gasteiger partial charge on any atom is -0.368 e. The van der Waals surface area contributed by atoms with E-state index in [1.807, 2.05) is 14.1 Å². The van der Waals surface area contributed by atoms with Crippen molar-refractivity contribution in [3.63, 3.8) is 0 Å². The van der Waals surface area contributed by atoms with Gasteiger partial charge in [-0.15, -0.1) is 0 Å². The maximum atomic E-state index is 3.39. The Kier molecular flexibility index (Phi) is 7.91. The SMILES string of the molecule is CCC(c1ccc(N(CC(C)NC)C(C)C)cc1)C(C)NC. The molecule has 3 unspecified atom stereocenters. The van der Waals surface area contributed by atoms with Gasteiger partial charge in [-0.3, -0.25) is 0 Å². The molecule has 1 aromatic rings. The molecule has 22 heavy (non-hydrogen) atoms. The van der Waals surface area contributed by atoms with Gasteiger partial charge in [0.25, 0.3) is 0 Å². The molecule has 126 valence electrons. The first-order valence-electron chi connectivity index (χ1n) is 8.65. The van der Waals surface area contributed by atoms with Gasteiger partial charge in [0.15, 0.2) is 0 Å². The van der Waals surface area contributed by atoms with Gasteiger partial charge in [-0.25, -0.2) is 0 Å². The molecule has 0 bridgehead atoms. The van der Waals surface area contributed by atoms with Crippen LogP contribution in [0.5, 0.6) is 0 Å². The highest BCUT2D eigenvalue weighted by Gasteiger charge is 2.17. The van der Waals surface area contributed by atoms with Gasteiger partial charge in [-0.2, -0.15) is 0 Å². The molecular formula is C19H35N3. The number of hydrogen-bond acceptors (Lipinski definition) is 3. The third-order valence-corrected chi connectivity index (χ3v) is 4.74. The van der Waals surface area contributed by atoms with E-state index in [0.717, 1.165) is 13.0 Å². The van der Waals surface area contributed by atoms with Gasteiger partial charge < -0.3 is 15.5 Å². The van der Waals surface area contributed by atoms with Crippen LogP contribution in [0.4, 0.5) is 5.69 Å². The van der Waals surface area contributed by atoms with E-state index in [0.29, 0.717) is 24.0 Å². The number of rotatable bonds is 9. The van der Waals surface area contributed by atoms with Gasteiger partial charge >= 0.3 is 0 Å². The lowest BCUT2D eigenvalue weighted by Crippen LogP contribution is -2.41. The van der Waals surface area contributed by atoms with Crippen LogP contribution in [0.1, 0.15) is 52.5 Å². The number of benzene rings is 1. The quantitative estimate of drug-likeness (QED) is 0.730. The summed E-state index contributed by atoms with van der Waals surface area (Å²) in [6, 6.07) is 10.6. The molecule has 0 aliphatic heterocycles. The lowest BCUT2D eigenvalue weighted by Gasteiger charge is -2.32. The van der Waals surface area contributed by atoms with E-state index in [9.17, 15) is 0 Å². The third-order valence-electron chi connectivity index (χ3n) is 4.74. The molecule has 0 heterocycles. The maximum absolute atomic E-state index is 3.39. The number of hydrogen-bond donors (Lipinski definition) is 2. The van der Waals surface area contributed by atoms with Crippen molar-refractivity contribution in [2.24, 2.45) is 0 Å². The summed E-state index contributed by atoms with van der Waals surface area (Å²) < 4.78 is 0. The average Bonchev–Trinajstić information content (AvgIpc) is 2.53. The summed E-state index contributed by atoms with van der Waals surface area (Å²) >= 11 is 0. The van der Waals surface area contributed by atoms with Crippen molar-refractivity contribution in [2.75, 3.05) is 25.5 Å². The Morgan fingerprint density at radius 1 is 0.955 bits per heavy atom. The summed E-state index contributed by atoms with van der Waals surface area (Å²) in [5, 5.41) is 6.72. The maximum Gasteiger partial charge on any atom is 0.0369 e. The fourth-order valence-corrected chi connectivity index (χ4v) is 2.99. The molecule has 0 radical (unpaired) electrons. The van der Waals surface area contributed by atoms with Crippen molar-refractivity contribution in [1.82, 2.24) is 10.6 Å². The third kappa shape index (κ3) is 4.99. The van der Waals surface area contributed by atoms with E-state index in [2.05, 4.69) is 74.4 Å². The molecule has 0 aromatic heterocycles. The van der Waals surface area contributed by atoms with Gasteiger partial charge in [-0.05, 0) is 71.8 Å². The van der Waals surface area contributed by atoms with Crippen LogP contribution in [0.3, 0.4) is 0 Å². The predicted octanol–water partition coefficient (Wildman–Crippen LogP) is 3.61. The predicted molar refractivity (Wildman–Crippen MR) is 99.0 cm³/mol. The molecule has 3 nitrogen and oxygen atoms in total. The summed E-state index contributed by atoms with van der Waals surface area (Å²) in [6.45, 7) is 12.3. The van der Waals surface area contributed by atoms with Gasteiger partial charge in [-0.1, -0.05) is 19.1 Å². The fraction of sp³-hybridized carbons (Fsp3) is 0.684. The summed E-state index contributed by atoms with van der Waals surface area (Å²) in [7, 11) is 4.07.